The number of fused-ring (bicyclic) bond motifs is 1. The van der Waals surface area contributed by atoms with Crippen LogP contribution in [0.4, 0.5) is 10.1 Å². The molecule has 4 rings (SSSR count). The number of piperidine rings is 1. The molecule has 8 heteroatoms. The van der Waals surface area contributed by atoms with E-state index in [0.717, 1.165) is 33.3 Å². The maximum absolute atomic E-state index is 12.0. The predicted molar refractivity (Wildman–Crippen MR) is 114 cm³/mol. The third-order valence-corrected chi connectivity index (χ3v) is 6.43. The van der Waals surface area contributed by atoms with Crippen molar-refractivity contribution in [3.8, 4) is 0 Å². The molecule has 3 heterocycles. The molecule has 1 aliphatic heterocycles. The van der Waals surface area contributed by atoms with E-state index >= 15 is 0 Å². The Kier molecular flexibility index (Phi) is 5.64. The molecule has 0 aliphatic carbocycles. The van der Waals surface area contributed by atoms with Crippen molar-refractivity contribution in [3.63, 3.8) is 0 Å². The lowest BCUT2D eigenvalue weighted by atomic mass is 10.1. The number of hydrogen-bond acceptors (Lipinski definition) is 7. The van der Waals surface area contributed by atoms with Gasteiger partial charge in [-0.3, -0.25) is 4.79 Å². The fraction of sp³-hybridized carbons (Fsp3) is 0.316. The second-order valence-corrected chi connectivity index (χ2v) is 8.48. The number of amides is 1. The summed E-state index contributed by atoms with van der Waals surface area (Å²) < 4.78 is 1.10. The van der Waals surface area contributed by atoms with Crippen LogP contribution in [0, 0.1) is 0 Å². The van der Waals surface area contributed by atoms with Crippen molar-refractivity contribution in [1.82, 2.24) is 10.4 Å². The van der Waals surface area contributed by atoms with Crippen LogP contribution in [0.1, 0.15) is 24.1 Å². The summed E-state index contributed by atoms with van der Waals surface area (Å²) in [5.41, 5.74) is 3.50. The molecule has 1 fully saturated rings. The van der Waals surface area contributed by atoms with E-state index < -0.39 is 0 Å². The van der Waals surface area contributed by atoms with E-state index in [0.29, 0.717) is 0 Å². The molecule has 0 spiro atoms. The van der Waals surface area contributed by atoms with Gasteiger partial charge >= 0.3 is 0 Å². The fourth-order valence-corrected chi connectivity index (χ4v) is 4.80. The highest BCUT2D eigenvalue weighted by molar-refractivity contribution is 7.22. The van der Waals surface area contributed by atoms with E-state index in [4.69, 9.17) is 0 Å². The Bertz CT molecular complexity index is 909. The van der Waals surface area contributed by atoms with Gasteiger partial charge in [-0.15, -0.1) is 11.3 Å². The van der Waals surface area contributed by atoms with Crippen molar-refractivity contribution in [3.05, 3.63) is 41.3 Å². The summed E-state index contributed by atoms with van der Waals surface area (Å²) in [6.45, 7) is 2.40. The standard InChI is InChI=1S/C19H21N5OS2/c25-17(13-20-19-22-15-6-2-3-7-16(15)27-19)23-21-12-14-8-9-18(26-14)24-10-4-1-5-11-24/h2-3,6-9,12H,1,4-5,10-11,13H2,(H,20,22)(H,23,25)/b21-12-. The normalized spacial score (nSPS) is 14.7. The summed E-state index contributed by atoms with van der Waals surface area (Å²) in [7, 11) is 0. The van der Waals surface area contributed by atoms with Crippen molar-refractivity contribution in [2.75, 3.05) is 29.9 Å². The number of para-hydroxylation sites is 1. The number of nitrogens with one attached hydrogen (secondary N) is 2. The molecule has 0 radical (unpaired) electrons. The lowest BCUT2D eigenvalue weighted by Gasteiger charge is -2.27. The van der Waals surface area contributed by atoms with Crippen LogP contribution in [-0.2, 0) is 4.79 Å². The van der Waals surface area contributed by atoms with Gasteiger partial charge in [-0.05, 0) is 43.5 Å². The van der Waals surface area contributed by atoms with E-state index in [1.165, 1.54) is 35.6 Å². The van der Waals surface area contributed by atoms with Crippen molar-refractivity contribution < 1.29 is 4.79 Å². The first-order chi connectivity index (χ1) is 13.3. The minimum Gasteiger partial charge on any atom is -0.363 e. The largest absolute Gasteiger partial charge is 0.363 e. The number of thiazole rings is 1. The van der Waals surface area contributed by atoms with Crippen molar-refractivity contribution in [2.45, 2.75) is 19.3 Å². The van der Waals surface area contributed by atoms with E-state index in [1.807, 2.05) is 30.3 Å². The molecular formula is C19H21N5OS2. The van der Waals surface area contributed by atoms with Crippen molar-refractivity contribution >= 4 is 55.1 Å². The summed E-state index contributed by atoms with van der Waals surface area (Å²) in [5.74, 6) is -0.196. The topological polar surface area (TPSA) is 69.6 Å². The second-order valence-electron chi connectivity index (χ2n) is 6.36. The maximum atomic E-state index is 12.0. The third kappa shape index (κ3) is 4.64. The van der Waals surface area contributed by atoms with Gasteiger partial charge in [0.15, 0.2) is 5.13 Å². The van der Waals surface area contributed by atoms with Crippen LogP contribution in [0.5, 0.6) is 0 Å². The Morgan fingerprint density at radius 1 is 1.15 bits per heavy atom. The number of hydrazone groups is 1. The Morgan fingerprint density at radius 2 is 2.00 bits per heavy atom. The zero-order valence-electron chi connectivity index (χ0n) is 14.9. The molecule has 0 saturated carbocycles. The molecule has 27 heavy (non-hydrogen) atoms. The molecular weight excluding hydrogens is 378 g/mol. The van der Waals surface area contributed by atoms with Crippen LogP contribution in [0.2, 0.25) is 0 Å². The van der Waals surface area contributed by atoms with Crippen molar-refractivity contribution in [1.29, 1.82) is 0 Å². The first-order valence-electron chi connectivity index (χ1n) is 9.04. The van der Waals surface area contributed by atoms with Crippen LogP contribution in [0.3, 0.4) is 0 Å². The van der Waals surface area contributed by atoms with Gasteiger partial charge in [0.25, 0.3) is 5.91 Å². The van der Waals surface area contributed by atoms with Crippen LogP contribution < -0.4 is 15.6 Å². The molecule has 3 aromatic rings. The Labute approximate surface area is 165 Å². The van der Waals surface area contributed by atoms with Crippen LogP contribution >= 0.6 is 22.7 Å². The SMILES string of the molecule is O=C(CNc1nc2ccccc2s1)N/N=C\c1ccc(N2CCCCC2)s1. The number of carbonyl (C=O) groups excluding carboxylic acids is 1. The summed E-state index contributed by atoms with van der Waals surface area (Å²) >= 11 is 3.24. The Morgan fingerprint density at radius 3 is 2.85 bits per heavy atom. The highest BCUT2D eigenvalue weighted by atomic mass is 32.1. The number of carbonyl (C=O) groups is 1. The van der Waals surface area contributed by atoms with Gasteiger partial charge in [0.05, 0.1) is 28.0 Å². The second kappa shape index (κ2) is 8.49. The quantitative estimate of drug-likeness (QED) is 0.487. The third-order valence-electron chi connectivity index (χ3n) is 4.36. The molecule has 1 saturated heterocycles. The monoisotopic (exact) mass is 399 g/mol. The van der Waals surface area contributed by atoms with E-state index in [9.17, 15) is 4.79 Å². The van der Waals surface area contributed by atoms with Crippen LogP contribution in [0.25, 0.3) is 10.2 Å². The lowest BCUT2D eigenvalue weighted by molar-refractivity contribution is -0.119. The number of aromatic nitrogens is 1. The molecule has 0 bridgehead atoms. The molecule has 1 amide bonds. The summed E-state index contributed by atoms with van der Waals surface area (Å²) in [6.07, 6.45) is 5.55. The zero-order chi connectivity index (χ0) is 18.5. The number of thiophene rings is 1. The average molecular weight is 400 g/mol. The molecule has 2 aromatic heterocycles. The van der Waals surface area contributed by atoms with Gasteiger partial charge in [0.1, 0.15) is 0 Å². The number of benzene rings is 1. The van der Waals surface area contributed by atoms with E-state index in [-0.39, 0.29) is 12.5 Å². The van der Waals surface area contributed by atoms with Gasteiger partial charge in [0.2, 0.25) is 0 Å². The predicted octanol–water partition coefficient (Wildman–Crippen LogP) is 3.91. The number of hydrogen-bond donors (Lipinski definition) is 2. The zero-order valence-corrected chi connectivity index (χ0v) is 16.5. The highest BCUT2D eigenvalue weighted by Crippen LogP contribution is 2.27. The smallest absolute Gasteiger partial charge is 0.259 e. The van der Waals surface area contributed by atoms with E-state index in [2.05, 4.69) is 31.8 Å². The first-order valence-corrected chi connectivity index (χ1v) is 10.7. The van der Waals surface area contributed by atoms with E-state index in [1.54, 1.807) is 17.6 Å². The molecule has 1 aromatic carbocycles. The minimum absolute atomic E-state index is 0.140. The van der Waals surface area contributed by atoms with Crippen molar-refractivity contribution in [2.24, 2.45) is 5.10 Å². The Balaban J connectivity index is 1.25. The molecule has 6 nitrogen and oxygen atoms in total. The molecule has 1 aliphatic rings. The minimum atomic E-state index is -0.196. The van der Waals surface area contributed by atoms with Crippen LogP contribution in [-0.4, -0.2) is 36.7 Å². The molecule has 0 atom stereocenters. The molecule has 2 N–H and O–H groups in total. The molecule has 0 unspecified atom stereocenters. The van der Waals surface area contributed by atoms with Crippen LogP contribution in [0.15, 0.2) is 41.5 Å². The maximum Gasteiger partial charge on any atom is 0.259 e. The first kappa shape index (κ1) is 17.9. The number of nitrogens with zero attached hydrogens (tertiary/aromatic N) is 3. The Hall–Kier alpha value is -2.45. The molecule has 140 valence electrons. The fourth-order valence-electron chi connectivity index (χ4n) is 3.01. The number of anilines is 2. The van der Waals surface area contributed by atoms with Gasteiger partial charge in [-0.1, -0.05) is 23.5 Å². The van der Waals surface area contributed by atoms with Gasteiger partial charge in [-0.2, -0.15) is 5.10 Å². The van der Waals surface area contributed by atoms with Gasteiger partial charge in [0, 0.05) is 18.0 Å². The number of rotatable bonds is 6. The highest BCUT2D eigenvalue weighted by Gasteiger charge is 2.12. The summed E-state index contributed by atoms with van der Waals surface area (Å²) in [6, 6.07) is 12.1. The summed E-state index contributed by atoms with van der Waals surface area (Å²) in [4.78, 5) is 19.9. The summed E-state index contributed by atoms with van der Waals surface area (Å²) in [5, 5.41) is 9.13. The average Bonchev–Trinajstić information content (AvgIpc) is 3.34. The van der Waals surface area contributed by atoms with Gasteiger partial charge in [-0.25, -0.2) is 10.4 Å². The van der Waals surface area contributed by atoms with Gasteiger partial charge < -0.3 is 10.2 Å². The lowest BCUT2D eigenvalue weighted by Crippen LogP contribution is -2.28.